The number of rotatable bonds is 3. The number of benzene rings is 2. The number of nitrogens with zero attached hydrogens (tertiary/aromatic N) is 3. The van der Waals surface area contributed by atoms with E-state index in [1.165, 1.54) is 16.8 Å². The standard InChI is InChI=1S/C25H25N3O2/c1-17-20-10-6-7-11-22(20)30-24(17)25(29)28-14-12-18(13-15-28)21-16-26-27(2)23(21)19-8-4-3-5-9-19/h3-11,16,18H,12-15H2,1-2H3. The van der Waals surface area contributed by atoms with Gasteiger partial charge in [-0.3, -0.25) is 9.48 Å². The van der Waals surface area contributed by atoms with Gasteiger partial charge in [0.25, 0.3) is 5.91 Å². The van der Waals surface area contributed by atoms with Crippen molar-refractivity contribution in [2.24, 2.45) is 7.05 Å². The number of fused-ring (bicyclic) bond motifs is 1. The second-order valence-electron chi connectivity index (χ2n) is 8.06. The number of piperidine rings is 1. The van der Waals surface area contributed by atoms with Crippen LogP contribution in [0.2, 0.25) is 0 Å². The molecule has 0 unspecified atom stereocenters. The summed E-state index contributed by atoms with van der Waals surface area (Å²) in [4.78, 5) is 15.1. The molecule has 5 nitrogen and oxygen atoms in total. The van der Waals surface area contributed by atoms with Crippen LogP contribution in [0.4, 0.5) is 0 Å². The summed E-state index contributed by atoms with van der Waals surface area (Å²) in [7, 11) is 1.99. The van der Waals surface area contributed by atoms with Gasteiger partial charge in [0.1, 0.15) is 5.58 Å². The van der Waals surface area contributed by atoms with Gasteiger partial charge in [0, 0.05) is 42.2 Å². The molecular formula is C25H25N3O2. The lowest BCUT2D eigenvalue weighted by Crippen LogP contribution is -2.38. The summed E-state index contributed by atoms with van der Waals surface area (Å²) in [6, 6.07) is 18.2. The molecule has 0 spiro atoms. The van der Waals surface area contributed by atoms with Crippen LogP contribution in [0.25, 0.3) is 22.2 Å². The quantitative estimate of drug-likeness (QED) is 0.478. The summed E-state index contributed by atoms with van der Waals surface area (Å²) in [6.45, 7) is 3.42. The van der Waals surface area contributed by atoms with Crippen LogP contribution in [0, 0.1) is 6.92 Å². The largest absolute Gasteiger partial charge is 0.451 e. The first-order valence-corrected chi connectivity index (χ1v) is 10.5. The number of aryl methyl sites for hydroxylation is 2. The summed E-state index contributed by atoms with van der Waals surface area (Å²) in [5.74, 6) is 0.868. The Morgan fingerprint density at radius 1 is 1.03 bits per heavy atom. The van der Waals surface area contributed by atoms with E-state index in [1.54, 1.807) is 0 Å². The fourth-order valence-electron chi connectivity index (χ4n) is 4.62. The van der Waals surface area contributed by atoms with Gasteiger partial charge in [-0.05, 0) is 31.7 Å². The Hall–Kier alpha value is -3.34. The van der Waals surface area contributed by atoms with Crippen molar-refractivity contribution in [3.63, 3.8) is 0 Å². The second-order valence-corrected chi connectivity index (χ2v) is 8.06. The predicted octanol–water partition coefficient (Wildman–Crippen LogP) is 5.16. The lowest BCUT2D eigenvalue weighted by Gasteiger charge is -2.31. The zero-order valence-electron chi connectivity index (χ0n) is 17.3. The summed E-state index contributed by atoms with van der Waals surface area (Å²) >= 11 is 0. The molecule has 1 aliphatic rings. The monoisotopic (exact) mass is 399 g/mol. The molecule has 0 bridgehead atoms. The third-order valence-electron chi connectivity index (χ3n) is 6.27. The van der Waals surface area contributed by atoms with E-state index in [2.05, 4.69) is 29.4 Å². The minimum Gasteiger partial charge on any atom is -0.451 e. The van der Waals surface area contributed by atoms with Crippen molar-refractivity contribution >= 4 is 16.9 Å². The van der Waals surface area contributed by atoms with Crippen LogP contribution in [0.15, 0.2) is 65.2 Å². The molecule has 0 N–H and O–H groups in total. The van der Waals surface area contributed by atoms with Crippen molar-refractivity contribution in [3.8, 4) is 11.3 Å². The van der Waals surface area contributed by atoms with E-state index in [0.717, 1.165) is 42.5 Å². The minimum absolute atomic E-state index is 0.00313. The first-order chi connectivity index (χ1) is 14.6. The number of amides is 1. The average molecular weight is 399 g/mol. The van der Waals surface area contributed by atoms with Gasteiger partial charge >= 0.3 is 0 Å². The molecule has 0 aliphatic carbocycles. The number of carbonyl (C=O) groups is 1. The number of furan rings is 1. The first kappa shape index (κ1) is 18.7. The van der Waals surface area contributed by atoms with Gasteiger partial charge in [-0.15, -0.1) is 0 Å². The van der Waals surface area contributed by atoms with Gasteiger partial charge in [0.15, 0.2) is 5.76 Å². The smallest absolute Gasteiger partial charge is 0.289 e. The molecule has 3 heterocycles. The molecule has 5 heteroatoms. The zero-order chi connectivity index (χ0) is 20.7. The molecule has 2 aromatic carbocycles. The number of aromatic nitrogens is 2. The summed E-state index contributed by atoms with van der Waals surface area (Å²) in [5, 5.41) is 5.54. The van der Waals surface area contributed by atoms with Crippen molar-refractivity contribution in [1.29, 1.82) is 0 Å². The molecule has 0 saturated carbocycles. The molecule has 30 heavy (non-hydrogen) atoms. The molecule has 0 atom stereocenters. The molecule has 4 aromatic rings. The number of hydrogen-bond acceptors (Lipinski definition) is 3. The maximum Gasteiger partial charge on any atom is 0.289 e. The van der Waals surface area contributed by atoms with Crippen LogP contribution in [-0.2, 0) is 7.05 Å². The Bertz CT molecular complexity index is 1200. The molecular weight excluding hydrogens is 374 g/mol. The lowest BCUT2D eigenvalue weighted by molar-refractivity contribution is 0.0682. The highest BCUT2D eigenvalue weighted by Gasteiger charge is 2.30. The average Bonchev–Trinajstić information content (AvgIpc) is 3.34. The van der Waals surface area contributed by atoms with Crippen molar-refractivity contribution in [2.75, 3.05) is 13.1 Å². The molecule has 1 amide bonds. The van der Waals surface area contributed by atoms with Gasteiger partial charge in [0.05, 0.1) is 11.9 Å². The molecule has 152 valence electrons. The Balaban J connectivity index is 1.35. The fourth-order valence-corrected chi connectivity index (χ4v) is 4.62. The Morgan fingerprint density at radius 3 is 2.47 bits per heavy atom. The molecule has 0 radical (unpaired) electrons. The van der Waals surface area contributed by atoms with E-state index in [0.29, 0.717) is 11.7 Å². The number of carbonyl (C=O) groups excluding carboxylic acids is 1. The van der Waals surface area contributed by atoms with Crippen molar-refractivity contribution in [3.05, 3.63) is 77.7 Å². The van der Waals surface area contributed by atoms with E-state index in [-0.39, 0.29) is 5.91 Å². The normalized spacial score (nSPS) is 15.1. The van der Waals surface area contributed by atoms with Crippen LogP contribution in [-0.4, -0.2) is 33.7 Å². The van der Waals surface area contributed by atoms with Crippen molar-refractivity contribution < 1.29 is 9.21 Å². The highest BCUT2D eigenvalue weighted by Crippen LogP contribution is 2.36. The highest BCUT2D eigenvalue weighted by molar-refractivity contribution is 5.99. The minimum atomic E-state index is -0.00313. The van der Waals surface area contributed by atoms with E-state index in [9.17, 15) is 4.79 Å². The summed E-state index contributed by atoms with van der Waals surface area (Å²) in [6.07, 6.45) is 3.85. The third kappa shape index (κ3) is 3.11. The van der Waals surface area contributed by atoms with Crippen LogP contribution in [0.5, 0.6) is 0 Å². The van der Waals surface area contributed by atoms with E-state index in [1.807, 2.05) is 60.1 Å². The van der Waals surface area contributed by atoms with Crippen LogP contribution in [0.3, 0.4) is 0 Å². The van der Waals surface area contributed by atoms with Gasteiger partial charge in [0.2, 0.25) is 0 Å². The molecule has 1 fully saturated rings. The third-order valence-corrected chi connectivity index (χ3v) is 6.27. The maximum absolute atomic E-state index is 13.1. The summed E-state index contributed by atoms with van der Waals surface area (Å²) in [5.41, 5.74) is 5.33. The lowest BCUT2D eigenvalue weighted by atomic mass is 9.88. The number of para-hydroxylation sites is 1. The maximum atomic E-state index is 13.1. The fraction of sp³-hybridized carbons (Fsp3) is 0.280. The molecule has 1 aliphatic heterocycles. The van der Waals surface area contributed by atoms with Crippen molar-refractivity contribution in [2.45, 2.75) is 25.7 Å². The van der Waals surface area contributed by atoms with E-state index in [4.69, 9.17) is 4.42 Å². The van der Waals surface area contributed by atoms with E-state index < -0.39 is 0 Å². The Morgan fingerprint density at radius 2 is 1.73 bits per heavy atom. The SMILES string of the molecule is Cc1c(C(=O)N2CCC(c3cnn(C)c3-c3ccccc3)CC2)oc2ccccc12. The number of hydrogen-bond donors (Lipinski definition) is 0. The zero-order valence-corrected chi connectivity index (χ0v) is 17.3. The molecule has 5 rings (SSSR count). The second kappa shape index (κ2) is 7.48. The topological polar surface area (TPSA) is 51.3 Å². The Kier molecular flexibility index (Phi) is 4.66. The van der Waals surface area contributed by atoms with Crippen LogP contribution >= 0.6 is 0 Å². The molecule has 2 aromatic heterocycles. The Labute approximate surface area is 175 Å². The predicted molar refractivity (Wildman–Crippen MR) is 117 cm³/mol. The van der Waals surface area contributed by atoms with Crippen molar-refractivity contribution in [1.82, 2.24) is 14.7 Å². The first-order valence-electron chi connectivity index (χ1n) is 10.5. The van der Waals surface area contributed by atoms with Crippen LogP contribution < -0.4 is 0 Å². The van der Waals surface area contributed by atoms with Gasteiger partial charge in [-0.2, -0.15) is 5.10 Å². The van der Waals surface area contributed by atoms with Gasteiger partial charge in [-0.1, -0.05) is 48.5 Å². The highest BCUT2D eigenvalue weighted by atomic mass is 16.3. The molecule has 1 saturated heterocycles. The number of likely N-dealkylation sites (tertiary alicyclic amines) is 1. The summed E-state index contributed by atoms with van der Waals surface area (Å²) < 4.78 is 7.86. The van der Waals surface area contributed by atoms with Gasteiger partial charge in [-0.25, -0.2) is 0 Å². The van der Waals surface area contributed by atoms with Gasteiger partial charge < -0.3 is 9.32 Å². The van der Waals surface area contributed by atoms with Crippen LogP contribution in [0.1, 0.15) is 40.4 Å². The van der Waals surface area contributed by atoms with E-state index >= 15 is 0 Å².